The average molecular weight is 391 g/mol. The summed E-state index contributed by atoms with van der Waals surface area (Å²) in [5.41, 5.74) is 2.49. The molecule has 0 spiro atoms. The van der Waals surface area contributed by atoms with Gasteiger partial charge < -0.3 is 18.9 Å². The van der Waals surface area contributed by atoms with Crippen LogP contribution in [0.4, 0.5) is 0 Å². The second kappa shape index (κ2) is 7.71. The predicted octanol–water partition coefficient (Wildman–Crippen LogP) is 4.12. The van der Waals surface area contributed by atoms with Crippen LogP contribution in [0.3, 0.4) is 0 Å². The normalized spacial score (nSPS) is 10.8. The van der Waals surface area contributed by atoms with Gasteiger partial charge in [-0.25, -0.2) is 4.68 Å². The first-order valence-corrected chi connectivity index (χ1v) is 8.97. The molecule has 0 bridgehead atoms. The number of methoxy groups -OCH3 is 4. The molecule has 0 unspecified atom stereocenters. The van der Waals surface area contributed by atoms with Crippen molar-refractivity contribution in [1.82, 2.24) is 15.0 Å². The van der Waals surface area contributed by atoms with E-state index >= 15 is 0 Å². The van der Waals surface area contributed by atoms with E-state index in [-0.39, 0.29) is 0 Å². The zero-order chi connectivity index (χ0) is 20.4. The number of hydrogen-bond donors (Lipinski definition) is 0. The lowest BCUT2D eigenvalue weighted by Gasteiger charge is -2.13. The van der Waals surface area contributed by atoms with Crippen molar-refractivity contribution < 1.29 is 18.9 Å². The minimum atomic E-state index is 0.532. The number of hydrogen-bond acceptors (Lipinski definition) is 6. The van der Waals surface area contributed by atoms with Crippen LogP contribution >= 0.6 is 0 Å². The highest BCUT2D eigenvalue weighted by Crippen LogP contribution is 2.39. The van der Waals surface area contributed by atoms with Crippen LogP contribution in [-0.2, 0) is 0 Å². The highest BCUT2D eigenvalue weighted by Gasteiger charge is 2.15. The van der Waals surface area contributed by atoms with Crippen LogP contribution in [0.1, 0.15) is 0 Å². The van der Waals surface area contributed by atoms with Crippen LogP contribution in [0, 0.1) is 0 Å². The summed E-state index contributed by atoms with van der Waals surface area (Å²) in [6, 6.07) is 15.8. The van der Waals surface area contributed by atoms with Crippen molar-refractivity contribution in [2.24, 2.45) is 0 Å². The van der Waals surface area contributed by atoms with Crippen molar-refractivity contribution in [1.29, 1.82) is 0 Å². The molecule has 7 nitrogen and oxygen atoms in total. The molecule has 0 N–H and O–H groups in total. The van der Waals surface area contributed by atoms with Crippen molar-refractivity contribution in [3.05, 3.63) is 54.7 Å². The van der Waals surface area contributed by atoms with E-state index in [2.05, 4.69) is 16.4 Å². The summed E-state index contributed by atoms with van der Waals surface area (Å²) >= 11 is 0. The minimum Gasteiger partial charge on any atom is -0.497 e. The smallest absolute Gasteiger partial charge is 0.203 e. The Bertz CT molecular complexity index is 1140. The lowest BCUT2D eigenvalue weighted by Crippen LogP contribution is -2.00. The molecular formula is C22H21N3O4. The third kappa shape index (κ3) is 3.42. The standard InChI is InChI=1S/C22H21N3O4/c1-26-18-8-7-14-9-16(6-5-15(14)10-18)19-13-25(24-23-19)17-11-20(27-2)22(29-4)21(12-17)28-3/h5-13H,1-4H3. The Morgan fingerprint density at radius 1 is 0.724 bits per heavy atom. The minimum absolute atomic E-state index is 0.532. The highest BCUT2D eigenvalue weighted by atomic mass is 16.5. The Balaban J connectivity index is 1.72. The quantitative estimate of drug-likeness (QED) is 0.492. The van der Waals surface area contributed by atoms with E-state index in [9.17, 15) is 0 Å². The third-order valence-electron chi connectivity index (χ3n) is 4.75. The van der Waals surface area contributed by atoms with Gasteiger partial charge in [0.05, 0.1) is 40.3 Å². The molecule has 0 saturated heterocycles. The number of nitrogens with zero attached hydrogens (tertiary/aromatic N) is 3. The first kappa shape index (κ1) is 18.6. The number of rotatable bonds is 6. The molecule has 0 fully saturated rings. The molecule has 0 aliphatic rings. The molecule has 0 amide bonds. The number of benzene rings is 3. The summed E-state index contributed by atoms with van der Waals surface area (Å²) in [5.74, 6) is 2.47. The molecule has 0 radical (unpaired) electrons. The van der Waals surface area contributed by atoms with Crippen LogP contribution in [0.15, 0.2) is 54.7 Å². The van der Waals surface area contributed by atoms with E-state index in [1.165, 1.54) is 0 Å². The summed E-state index contributed by atoms with van der Waals surface area (Å²) in [4.78, 5) is 0. The molecule has 29 heavy (non-hydrogen) atoms. The first-order chi connectivity index (χ1) is 14.2. The maximum atomic E-state index is 5.42. The van der Waals surface area contributed by atoms with Crippen molar-refractivity contribution in [2.75, 3.05) is 28.4 Å². The van der Waals surface area contributed by atoms with Crippen molar-refractivity contribution in [3.63, 3.8) is 0 Å². The largest absolute Gasteiger partial charge is 0.497 e. The SMILES string of the molecule is COc1ccc2cc(-c3cn(-c4cc(OC)c(OC)c(OC)c4)nn3)ccc2c1. The molecule has 4 rings (SSSR count). The van der Waals surface area contributed by atoms with Gasteiger partial charge in [0.1, 0.15) is 11.4 Å². The number of ether oxygens (including phenoxy) is 4. The van der Waals surface area contributed by atoms with Crippen LogP contribution < -0.4 is 18.9 Å². The monoisotopic (exact) mass is 391 g/mol. The zero-order valence-electron chi connectivity index (χ0n) is 16.7. The van der Waals surface area contributed by atoms with Crippen molar-refractivity contribution >= 4 is 10.8 Å². The number of fused-ring (bicyclic) bond motifs is 1. The third-order valence-corrected chi connectivity index (χ3v) is 4.75. The molecule has 148 valence electrons. The molecule has 4 aromatic rings. The topological polar surface area (TPSA) is 67.6 Å². The molecule has 3 aromatic carbocycles. The summed E-state index contributed by atoms with van der Waals surface area (Å²) in [7, 11) is 6.40. The second-order valence-electron chi connectivity index (χ2n) is 6.36. The lowest BCUT2D eigenvalue weighted by molar-refractivity contribution is 0.324. The number of aromatic nitrogens is 3. The van der Waals surface area contributed by atoms with Gasteiger partial charge in [0, 0.05) is 17.7 Å². The highest BCUT2D eigenvalue weighted by molar-refractivity contribution is 5.87. The van der Waals surface area contributed by atoms with Gasteiger partial charge in [-0.2, -0.15) is 0 Å². The zero-order valence-corrected chi connectivity index (χ0v) is 16.7. The molecule has 0 atom stereocenters. The van der Waals surface area contributed by atoms with E-state index in [1.807, 2.05) is 48.7 Å². The van der Waals surface area contributed by atoms with Gasteiger partial charge in [-0.15, -0.1) is 5.10 Å². The van der Waals surface area contributed by atoms with Crippen LogP contribution in [0.25, 0.3) is 27.7 Å². The van der Waals surface area contributed by atoms with Gasteiger partial charge in [-0.1, -0.05) is 23.4 Å². The molecule has 1 heterocycles. The molecule has 7 heteroatoms. The summed E-state index contributed by atoms with van der Waals surface area (Å²) in [6.45, 7) is 0. The van der Waals surface area contributed by atoms with E-state index in [0.29, 0.717) is 17.2 Å². The van der Waals surface area contributed by atoms with Crippen LogP contribution in [-0.4, -0.2) is 43.4 Å². The summed E-state index contributed by atoms with van der Waals surface area (Å²) in [6.07, 6.45) is 1.87. The van der Waals surface area contributed by atoms with Crippen LogP contribution in [0.5, 0.6) is 23.0 Å². The van der Waals surface area contributed by atoms with Crippen molar-refractivity contribution in [2.45, 2.75) is 0 Å². The fourth-order valence-electron chi connectivity index (χ4n) is 3.23. The Hall–Kier alpha value is -3.74. The second-order valence-corrected chi connectivity index (χ2v) is 6.36. The van der Waals surface area contributed by atoms with Crippen molar-refractivity contribution in [3.8, 4) is 39.9 Å². The Morgan fingerprint density at radius 3 is 2.07 bits per heavy atom. The fraction of sp³-hybridized carbons (Fsp3) is 0.182. The molecular weight excluding hydrogens is 370 g/mol. The fourth-order valence-corrected chi connectivity index (χ4v) is 3.23. The lowest BCUT2D eigenvalue weighted by atomic mass is 10.1. The Morgan fingerprint density at radius 2 is 1.41 bits per heavy atom. The van der Waals surface area contributed by atoms with Gasteiger partial charge in [0.15, 0.2) is 11.5 Å². The van der Waals surface area contributed by atoms with E-state index in [1.54, 1.807) is 33.1 Å². The van der Waals surface area contributed by atoms with Gasteiger partial charge in [-0.05, 0) is 29.0 Å². The summed E-state index contributed by atoms with van der Waals surface area (Å²) in [5, 5.41) is 10.8. The molecule has 1 aromatic heterocycles. The van der Waals surface area contributed by atoms with E-state index in [0.717, 1.165) is 33.5 Å². The van der Waals surface area contributed by atoms with Gasteiger partial charge >= 0.3 is 0 Å². The Labute approximate surface area is 168 Å². The molecule has 0 aliphatic carbocycles. The van der Waals surface area contributed by atoms with Gasteiger partial charge in [0.25, 0.3) is 0 Å². The maximum absolute atomic E-state index is 5.42. The van der Waals surface area contributed by atoms with Crippen LogP contribution in [0.2, 0.25) is 0 Å². The Kier molecular flexibility index (Phi) is 4.95. The molecule has 0 aliphatic heterocycles. The molecule has 0 saturated carbocycles. The van der Waals surface area contributed by atoms with Gasteiger partial charge in [0.2, 0.25) is 5.75 Å². The maximum Gasteiger partial charge on any atom is 0.203 e. The van der Waals surface area contributed by atoms with E-state index < -0.39 is 0 Å². The van der Waals surface area contributed by atoms with Gasteiger partial charge in [-0.3, -0.25) is 0 Å². The predicted molar refractivity (Wildman–Crippen MR) is 111 cm³/mol. The first-order valence-electron chi connectivity index (χ1n) is 8.97. The van der Waals surface area contributed by atoms with E-state index in [4.69, 9.17) is 18.9 Å². The summed E-state index contributed by atoms with van der Waals surface area (Å²) < 4.78 is 23.2. The average Bonchev–Trinajstić information content (AvgIpc) is 3.27.